The van der Waals surface area contributed by atoms with E-state index in [0.717, 1.165) is 82.8 Å². The van der Waals surface area contributed by atoms with Crippen LogP contribution in [0.5, 0.6) is 0 Å². The molecule has 7 heteroatoms. The van der Waals surface area contributed by atoms with Crippen molar-refractivity contribution in [3.63, 3.8) is 0 Å². The van der Waals surface area contributed by atoms with Gasteiger partial charge in [0.05, 0.1) is 11.0 Å². The molecule has 7 nitrogen and oxygen atoms in total. The maximum atomic E-state index is 7.37. The van der Waals surface area contributed by atoms with Gasteiger partial charge < -0.3 is 4.85 Å². The van der Waals surface area contributed by atoms with Gasteiger partial charge in [-0.1, -0.05) is 128 Å². The van der Waals surface area contributed by atoms with Gasteiger partial charge in [-0.15, -0.1) is 4.98 Å². The lowest BCUT2D eigenvalue weighted by atomic mass is 9.90. The molecule has 56 heavy (non-hydrogen) atoms. The van der Waals surface area contributed by atoms with Crippen LogP contribution in [0, 0.1) is 6.57 Å². The molecule has 0 radical (unpaired) electrons. The molecule has 0 unspecified atom stereocenters. The van der Waals surface area contributed by atoms with Crippen molar-refractivity contribution in [2.24, 2.45) is 0 Å². The molecular formula is C49H29N7. The average molecular weight is 716 g/mol. The van der Waals surface area contributed by atoms with Gasteiger partial charge in [-0.3, -0.25) is 9.97 Å². The van der Waals surface area contributed by atoms with Crippen LogP contribution in [0.25, 0.3) is 105 Å². The third kappa shape index (κ3) is 5.88. The minimum absolute atomic E-state index is 0.378. The summed E-state index contributed by atoms with van der Waals surface area (Å²) in [5.41, 5.74) is 10.3. The summed E-state index contributed by atoms with van der Waals surface area (Å²) < 4.78 is 0. The lowest BCUT2D eigenvalue weighted by molar-refractivity contribution is 1.07. The second-order valence-electron chi connectivity index (χ2n) is 13.4. The number of hydrogen-bond acceptors (Lipinski definition) is 6. The normalized spacial score (nSPS) is 11.2. The number of aromatic nitrogens is 6. The minimum Gasteiger partial charge on any atom is -0.361 e. The van der Waals surface area contributed by atoms with E-state index in [4.69, 9.17) is 31.5 Å². The molecule has 0 saturated carbocycles. The monoisotopic (exact) mass is 715 g/mol. The molecule has 0 N–H and O–H groups in total. The standard InChI is InChI=1S/C49H29N7/c1-50-44-21-9-20-43(53-44)32-24-22-31(23-25-32)39-29-41-38-19-11-27-52-46(38)40(30-42(41)37-18-10-26-51-45(37)39)35-16-8-17-36(28-35)49-55-47(33-12-4-2-5-13-33)54-48(56-49)34-14-6-3-7-15-34/h2-30H. The van der Waals surface area contributed by atoms with E-state index in [1.54, 1.807) is 6.07 Å². The van der Waals surface area contributed by atoms with Crippen molar-refractivity contribution in [2.45, 2.75) is 0 Å². The van der Waals surface area contributed by atoms with Gasteiger partial charge in [0.15, 0.2) is 23.2 Å². The summed E-state index contributed by atoms with van der Waals surface area (Å²) in [6.07, 6.45) is 3.70. The first kappa shape index (κ1) is 32.7. The van der Waals surface area contributed by atoms with Gasteiger partial charge in [-0.25, -0.2) is 15.0 Å². The predicted octanol–water partition coefficient (Wildman–Crippen LogP) is 12.1. The Bertz CT molecular complexity index is 3080. The molecule has 0 fully saturated rings. The fraction of sp³-hybridized carbons (Fsp3) is 0. The van der Waals surface area contributed by atoms with E-state index >= 15 is 0 Å². The summed E-state index contributed by atoms with van der Waals surface area (Å²) in [6, 6.07) is 55.0. The average Bonchev–Trinajstić information content (AvgIpc) is 3.29. The molecular weight excluding hydrogens is 687 g/mol. The fourth-order valence-electron chi connectivity index (χ4n) is 7.37. The Morgan fingerprint density at radius 2 is 0.857 bits per heavy atom. The summed E-state index contributed by atoms with van der Waals surface area (Å²) in [5.74, 6) is 2.21. The summed E-state index contributed by atoms with van der Waals surface area (Å²) in [7, 11) is 0. The quantitative estimate of drug-likeness (QED) is 0.126. The number of hydrogen-bond donors (Lipinski definition) is 0. The zero-order valence-corrected chi connectivity index (χ0v) is 29.9. The first-order valence-electron chi connectivity index (χ1n) is 18.2. The Morgan fingerprint density at radius 3 is 1.45 bits per heavy atom. The second kappa shape index (κ2) is 13.8. The highest BCUT2D eigenvalue weighted by Crippen LogP contribution is 2.41. The van der Waals surface area contributed by atoms with E-state index in [9.17, 15) is 0 Å². The van der Waals surface area contributed by atoms with Crippen molar-refractivity contribution < 1.29 is 0 Å². The Hall–Kier alpha value is -7.95. The van der Waals surface area contributed by atoms with Crippen LogP contribution >= 0.6 is 0 Å². The van der Waals surface area contributed by atoms with Crippen molar-refractivity contribution in [3.8, 4) is 67.7 Å². The molecule has 0 aliphatic heterocycles. The molecule has 6 aromatic carbocycles. The first-order valence-corrected chi connectivity index (χ1v) is 18.2. The number of nitrogens with zero attached hydrogens (tertiary/aromatic N) is 7. The molecule has 0 spiro atoms. The summed E-state index contributed by atoms with van der Waals surface area (Å²) in [5, 5.41) is 4.28. The third-order valence-electron chi connectivity index (χ3n) is 10.0. The Balaban J connectivity index is 1.13. The van der Waals surface area contributed by atoms with Crippen LogP contribution in [0.4, 0.5) is 5.82 Å². The van der Waals surface area contributed by atoms with Gasteiger partial charge >= 0.3 is 0 Å². The zero-order valence-electron chi connectivity index (χ0n) is 29.9. The van der Waals surface area contributed by atoms with Crippen LogP contribution in [0.1, 0.15) is 0 Å². The Labute approximate surface area is 322 Å². The SMILES string of the molecule is [C-]#[N+]c1cccc(-c2ccc(-c3cc4c5cccnc5c(-c5cccc(-c6nc(-c7ccccc7)nc(-c7ccccc7)n6)c5)cc4c4cccnc34)cc2)n1. The highest BCUT2D eigenvalue weighted by molar-refractivity contribution is 6.22. The fourth-order valence-corrected chi connectivity index (χ4v) is 7.37. The molecule has 0 bridgehead atoms. The van der Waals surface area contributed by atoms with Crippen LogP contribution in [-0.4, -0.2) is 29.9 Å². The van der Waals surface area contributed by atoms with E-state index in [1.807, 2.05) is 103 Å². The van der Waals surface area contributed by atoms with Gasteiger partial charge in [-0.05, 0) is 64.4 Å². The highest BCUT2D eigenvalue weighted by atomic mass is 15.0. The van der Waals surface area contributed by atoms with Gasteiger partial charge in [0.2, 0.25) is 0 Å². The minimum atomic E-state index is 0.378. The molecule has 0 amide bonds. The highest BCUT2D eigenvalue weighted by Gasteiger charge is 2.18. The number of fused-ring (bicyclic) bond motifs is 5. The second-order valence-corrected chi connectivity index (χ2v) is 13.4. The van der Waals surface area contributed by atoms with E-state index in [0.29, 0.717) is 23.3 Å². The Morgan fingerprint density at radius 1 is 0.357 bits per heavy atom. The van der Waals surface area contributed by atoms with Gasteiger partial charge in [0, 0.05) is 56.5 Å². The maximum Gasteiger partial charge on any atom is 0.270 e. The van der Waals surface area contributed by atoms with Crippen LogP contribution in [0.2, 0.25) is 0 Å². The van der Waals surface area contributed by atoms with Gasteiger partial charge in [0.1, 0.15) is 0 Å². The van der Waals surface area contributed by atoms with E-state index in [-0.39, 0.29) is 0 Å². The van der Waals surface area contributed by atoms with E-state index in [1.165, 1.54) is 0 Å². The molecule has 0 aliphatic rings. The molecule has 260 valence electrons. The van der Waals surface area contributed by atoms with Gasteiger partial charge in [-0.2, -0.15) is 0 Å². The van der Waals surface area contributed by atoms with Crippen molar-refractivity contribution in [2.75, 3.05) is 0 Å². The Kier molecular flexibility index (Phi) is 8.05. The van der Waals surface area contributed by atoms with Gasteiger partial charge in [0.25, 0.3) is 5.82 Å². The van der Waals surface area contributed by atoms with Crippen LogP contribution in [0.3, 0.4) is 0 Å². The van der Waals surface area contributed by atoms with Crippen molar-refractivity contribution in [1.29, 1.82) is 0 Å². The molecule has 4 aromatic heterocycles. The van der Waals surface area contributed by atoms with Crippen LogP contribution in [-0.2, 0) is 0 Å². The molecule has 10 rings (SSSR count). The van der Waals surface area contributed by atoms with E-state index < -0.39 is 0 Å². The van der Waals surface area contributed by atoms with Crippen LogP contribution in [0.15, 0.2) is 176 Å². The molecule has 0 aliphatic carbocycles. The molecule has 10 aromatic rings. The smallest absolute Gasteiger partial charge is 0.270 e. The van der Waals surface area contributed by atoms with Crippen molar-refractivity contribution >= 4 is 38.4 Å². The van der Waals surface area contributed by atoms with Crippen molar-refractivity contribution in [1.82, 2.24) is 29.9 Å². The summed E-state index contributed by atoms with van der Waals surface area (Å²) in [6.45, 7) is 7.37. The topological polar surface area (TPSA) is 81.7 Å². The maximum absolute atomic E-state index is 7.37. The number of rotatable bonds is 6. The number of benzene rings is 6. The summed E-state index contributed by atoms with van der Waals surface area (Å²) in [4.78, 5) is 32.8. The first-order chi connectivity index (χ1) is 27.7. The van der Waals surface area contributed by atoms with Crippen molar-refractivity contribution in [3.05, 3.63) is 188 Å². The third-order valence-corrected chi connectivity index (χ3v) is 10.0. The molecule has 0 saturated heterocycles. The lowest BCUT2D eigenvalue weighted by Gasteiger charge is -2.15. The lowest BCUT2D eigenvalue weighted by Crippen LogP contribution is -2.00. The predicted molar refractivity (Wildman–Crippen MR) is 225 cm³/mol. The molecule has 4 heterocycles. The summed E-state index contributed by atoms with van der Waals surface area (Å²) >= 11 is 0. The van der Waals surface area contributed by atoms with Crippen LogP contribution < -0.4 is 0 Å². The van der Waals surface area contributed by atoms with E-state index in [2.05, 4.69) is 76.6 Å². The largest absolute Gasteiger partial charge is 0.361 e. The zero-order chi connectivity index (χ0) is 37.4. The number of pyridine rings is 3. The molecule has 0 atom stereocenters.